The predicted octanol–water partition coefficient (Wildman–Crippen LogP) is 4.00. The molecule has 0 unspecified atom stereocenters. The molecule has 0 aromatic heterocycles. The Morgan fingerprint density at radius 2 is 1.94 bits per heavy atom. The second-order valence-corrected chi connectivity index (χ2v) is 5.00. The zero-order valence-electron chi connectivity index (χ0n) is 9.65. The minimum absolute atomic E-state index is 0.0139. The Bertz CT molecular complexity index is 381. The zero-order valence-corrected chi connectivity index (χ0v) is 11.2. The van der Waals surface area contributed by atoms with Crippen LogP contribution in [-0.2, 0) is 0 Å². The third-order valence-electron chi connectivity index (χ3n) is 2.63. The molecule has 2 heteroatoms. The van der Waals surface area contributed by atoms with Gasteiger partial charge in [0.15, 0.2) is 0 Å². The summed E-state index contributed by atoms with van der Waals surface area (Å²) in [6.07, 6.45) is 1.50. The molecule has 0 saturated heterocycles. The number of hydrogen-bond donors (Lipinski definition) is 1. The van der Waals surface area contributed by atoms with E-state index in [4.69, 9.17) is 0 Å². The maximum Gasteiger partial charge on any atom is 0.0821 e. The van der Waals surface area contributed by atoms with Crippen molar-refractivity contribution in [3.05, 3.63) is 52.5 Å². The van der Waals surface area contributed by atoms with Gasteiger partial charge in [-0.1, -0.05) is 65.8 Å². The molecule has 0 radical (unpaired) electrons. The van der Waals surface area contributed by atoms with Gasteiger partial charge in [-0.15, -0.1) is 0 Å². The third-order valence-corrected chi connectivity index (χ3v) is 3.35. The van der Waals surface area contributed by atoms with Crippen LogP contribution in [0, 0.1) is 5.92 Å². The molecule has 0 heterocycles. The van der Waals surface area contributed by atoms with Crippen molar-refractivity contribution in [3.63, 3.8) is 0 Å². The Morgan fingerprint density at radius 3 is 2.44 bits per heavy atom. The number of hydrogen-bond acceptors (Lipinski definition) is 1. The summed E-state index contributed by atoms with van der Waals surface area (Å²) in [4.78, 5) is 0. The summed E-state index contributed by atoms with van der Waals surface area (Å²) in [6, 6.07) is 9.98. The Labute approximate surface area is 106 Å². The van der Waals surface area contributed by atoms with Crippen molar-refractivity contribution in [2.75, 3.05) is 0 Å². The molecule has 86 valence electrons. The first kappa shape index (κ1) is 13.2. The summed E-state index contributed by atoms with van der Waals surface area (Å²) < 4.78 is 0.820. The maximum absolute atomic E-state index is 10.1. The molecule has 0 spiro atoms. The first-order valence-corrected chi connectivity index (χ1v) is 6.07. The van der Waals surface area contributed by atoms with Crippen LogP contribution in [0.3, 0.4) is 0 Å². The fraction of sp³-hybridized carbons (Fsp3) is 0.286. The van der Waals surface area contributed by atoms with E-state index in [9.17, 15) is 5.11 Å². The average Bonchev–Trinajstić information content (AvgIpc) is 2.28. The molecule has 1 aromatic rings. The van der Waals surface area contributed by atoms with Gasteiger partial charge in [0.05, 0.1) is 6.10 Å². The molecule has 16 heavy (non-hydrogen) atoms. The minimum atomic E-state index is -0.493. The Kier molecular flexibility index (Phi) is 4.97. The lowest BCUT2D eigenvalue weighted by atomic mass is 9.97. The van der Waals surface area contributed by atoms with Crippen LogP contribution in [0.5, 0.6) is 0 Å². The van der Waals surface area contributed by atoms with E-state index in [1.54, 1.807) is 0 Å². The highest BCUT2D eigenvalue weighted by Gasteiger charge is 2.17. The van der Waals surface area contributed by atoms with Crippen molar-refractivity contribution in [2.24, 2.45) is 5.92 Å². The predicted molar refractivity (Wildman–Crippen MR) is 73.3 cm³/mol. The van der Waals surface area contributed by atoms with Crippen LogP contribution < -0.4 is 0 Å². The first-order chi connectivity index (χ1) is 7.52. The lowest BCUT2D eigenvalue weighted by molar-refractivity contribution is 0.173. The molecule has 1 N–H and O–H groups in total. The molecule has 2 atom stereocenters. The Morgan fingerprint density at radius 1 is 1.38 bits per heavy atom. The Hall–Kier alpha value is -0.860. The SMILES string of the molecule is C=C(Br)[C@@H](C)[C@H](O)/C(C)=C/c1ccccc1. The van der Waals surface area contributed by atoms with E-state index >= 15 is 0 Å². The van der Waals surface area contributed by atoms with Gasteiger partial charge in [-0.2, -0.15) is 0 Å². The molecular formula is C14H17BrO. The summed E-state index contributed by atoms with van der Waals surface area (Å²) in [5.41, 5.74) is 2.05. The molecule has 0 aliphatic rings. The van der Waals surface area contributed by atoms with Crippen molar-refractivity contribution in [1.29, 1.82) is 0 Å². The van der Waals surface area contributed by atoms with E-state index in [0.29, 0.717) is 0 Å². The van der Waals surface area contributed by atoms with Gasteiger partial charge in [0, 0.05) is 5.92 Å². The fourth-order valence-electron chi connectivity index (χ4n) is 1.46. The lowest BCUT2D eigenvalue weighted by Gasteiger charge is -2.18. The maximum atomic E-state index is 10.1. The van der Waals surface area contributed by atoms with Gasteiger partial charge in [-0.05, 0) is 22.5 Å². The highest BCUT2D eigenvalue weighted by Crippen LogP contribution is 2.24. The van der Waals surface area contributed by atoms with Crippen molar-refractivity contribution in [3.8, 4) is 0 Å². The van der Waals surface area contributed by atoms with Crippen LogP contribution in [0.2, 0.25) is 0 Å². The number of benzene rings is 1. The van der Waals surface area contributed by atoms with Gasteiger partial charge in [0.2, 0.25) is 0 Å². The highest BCUT2D eigenvalue weighted by molar-refractivity contribution is 9.11. The molecule has 1 rings (SSSR count). The summed E-state index contributed by atoms with van der Waals surface area (Å²) in [7, 11) is 0. The van der Waals surface area contributed by atoms with Crippen molar-refractivity contribution in [1.82, 2.24) is 0 Å². The molecular weight excluding hydrogens is 264 g/mol. The van der Waals surface area contributed by atoms with Crippen LogP contribution in [0.4, 0.5) is 0 Å². The lowest BCUT2D eigenvalue weighted by Crippen LogP contribution is -2.18. The van der Waals surface area contributed by atoms with E-state index in [-0.39, 0.29) is 5.92 Å². The topological polar surface area (TPSA) is 20.2 Å². The normalized spacial score (nSPS) is 15.6. The second kappa shape index (κ2) is 6.02. The van der Waals surface area contributed by atoms with Gasteiger partial charge in [-0.3, -0.25) is 0 Å². The fourth-order valence-corrected chi connectivity index (χ4v) is 1.71. The van der Waals surface area contributed by atoms with Crippen molar-refractivity contribution >= 4 is 22.0 Å². The van der Waals surface area contributed by atoms with Gasteiger partial charge in [0.1, 0.15) is 0 Å². The summed E-state index contributed by atoms with van der Waals surface area (Å²) in [5.74, 6) is 0.0139. The quantitative estimate of drug-likeness (QED) is 0.884. The first-order valence-electron chi connectivity index (χ1n) is 5.28. The number of rotatable bonds is 4. The molecule has 0 bridgehead atoms. The van der Waals surface area contributed by atoms with Crippen LogP contribution >= 0.6 is 15.9 Å². The summed E-state index contributed by atoms with van der Waals surface area (Å²) >= 11 is 3.31. The average molecular weight is 281 g/mol. The highest BCUT2D eigenvalue weighted by atomic mass is 79.9. The molecule has 1 aromatic carbocycles. The van der Waals surface area contributed by atoms with Crippen molar-refractivity contribution < 1.29 is 5.11 Å². The van der Waals surface area contributed by atoms with Gasteiger partial charge in [-0.25, -0.2) is 0 Å². The molecule has 0 saturated carbocycles. The summed E-state index contributed by atoms with van der Waals surface area (Å²) in [6.45, 7) is 7.68. The van der Waals surface area contributed by atoms with Gasteiger partial charge < -0.3 is 5.11 Å². The zero-order chi connectivity index (χ0) is 12.1. The van der Waals surface area contributed by atoms with E-state index in [2.05, 4.69) is 22.5 Å². The second-order valence-electron chi connectivity index (χ2n) is 3.98. The number of halogens is 1. The van der Waals surface area contributed by atoms with E-state index in [1.165, 1.54) is 0 Å². The van der Waals surface area contributed by atoms with Crippen LogP contribution in [0.1, 0.15) is 19.4 Å². The number of aliphatic hydroxyl groups is 1. The Balaban J connectivity index is 2.82. The van der Waals surface area contributed by atoms with E-state index in [0.717, 1.165) is 15.6 Å². The smallest absolute Gasteiger partial charge is 0.0821 e. The number of aliphatic hydroxyl groups excluding tert-OH is 1. The van der Waals surface area contributed by atoms with Crippen LogP contribution in [-0.4, -0.2) is 11.2 Å². The molecule has 0 aliphatic heterocycles. The molecule has 0 fully saturated rings. The van der Waals surface area contributed by atoms with Gasteiger partial charge in [0.25, 0.3) is 0 Å². The standard InChI is InChI=1S/C14H17BrO/c1-10(14(16)11(2)12(3)15)9-13-7-5-4-6-8-13/h4-9,11,14,16H,3H2,1-2H3/b10-9+/t11-,14-/m1/s1. The monoisotopic (exact) mass is 280 g/mol. The molecule has 1 nitrogen and oxygen atoms in total. The minimum Gasteiger partial charge on any atom is -0.388 e. The van der Waals surface area contributed by atoms with Crippen molar-refractivity contribution in [2.45, 2.75) is 20.0 Å². The molecule has 0 aliphatic carbocycles. The molecule has 0 amide bonds. The summed E-state index contributed by atoms with van der Waals surface area (Å²) in [5, 5.41) is 10.1. The van der Waals surface area contributed by atoms with E-state index in [1.807, 2.05) is 50.3 Å². The van der Waals surface area contributed by atoms with Crippen LogP contribution in [0.15, 0.2) is 47.0 Å². The van der Waals surface area contributed by atoms with Gasteiger partial charge >= 0.3 is 0 Å². The van der Waals surface area contributed by atoms with E-state index < -0.39 is 6.10 Å². The largest absolute Gasteiger partial charge is 0.388 e. The van der Waals surface area contributed by atoms with Crippen LogP contribution in [0.25, 0.3) is 6.08 Å². The third kappa shape index (κ3) is 3.62.